The van der Waals surface area contributed by atoms with Crippen molar-refractivity contribution in [3.63, 3.8) is 0 Å². The minimum absolute atomic E-state index is 0.163. The second kappa shape index (κ2) is 8.70. The van der Waals surface area contributed by atoms with Crippen molar-refractivity contribution in [3.05, 3.63) is 28.9 Å². The van der Waals surface area contributed by atoms with Crippen LogP contribution < -0.4 is 10.6 Å². The average molecular weight is 446 g/mol. The molecule has 0 radical (unpaired) electrons. The molecule has 0 spiro atoms. The first-order valence-corrected chi connectivity index (χ1v) is 11.9. The molecule has 1 saturated carbocycles. The molecule has 0 unspecified atom stereocenters. The van der Waals surface area contributed by atoms with Crippen molar-refractivity contribution in [1.29, 1.82) is 0 Å². The van der Waals surface area contributed by atoms with Crippen molar-refractivity contribution >= 4 is 28.4 Å². The maximum Gasteiger partial charge on any atom is 0.228 e. The molecule has 7 nitrogen and oxygen atoms in total. The minimum Gasteiger partial charge on any atom is -0.379 e. The van der Waals surface area contributed by atoms with E-state index in [1.54, 1.807) is 0 Å². The predicted octanol–water partition coefficient (Wildman–Crippen LogP) is 2.32. The maximum atomic E-state index is 13.6. The SMILES string of the molecule is Cn1nc(CNC(=O)[C@@]23CC[C@@H](N4CCOCC4)C[C@H]2CCNC3)c2c(Cl)cccc21. The Morgan fingerprint density at radius 3 is 3.03 bits per heavy atom. The molecule has 1 aromatic carbocycles. The van der Waals surface area contributed by atoms with Gasteiger partial charge in [0.15, 0.2) is 0 Å². The Hall–Kier alpha value is -1.67. The van der Waals surface area contributed by atoms with Gasteiger partial charge in [-0.3, -0.25) is 14.4 Å². The van der Waals surface area contributed by atoms with Crippen molar-refractivity contribution < 1.29 is 9.53 Å². The van der Waals surface area contributed by atoms with Gasteiger partial charge in [0.05, 0.1) is 41.4 Å². The lowest BCUT2D eigenvalue weighted by atomic mass is 9.61. The van der Waals surface area contributed by atoms with Crippen LogP contribution in [-0.4, -0.2) is 66.0 Å². The number of piperidine rings is 1. The van der Waals surface area contributed by atoms with Crippen LogP contribution in [0.3, 0.4) is 0 Å². The number of nitrogens with one attached hydrogen (secondary N) is 2. The van der Waals surface area contributed by atoms with E-state index in [0.29, 0.717) is 23.5 Å². The van der Waals surface area contributed by atoms with Gasteiger partial charge in [-0.2, -0.15) is 5.10 Å². The van der Waals surface area contributed by atoms with E-state index in [-0.39, 0.29) is 11.3 Å². The molecule has 168 valence electrons. The van der Waals surface area contributed by atoms with E-state index in [4.69, 9.17) is 16.3 Å². The highest BCUT2D eigenvalue weighted by molar-refractivity contribution is 6.35. The summed E-state index contributed by atoms with van der Waals surface area (Å²) >= 11 is 6.45. The lowest BCUT2D eigenvalue weighted by molar-refractivity contribution is -0.140. The monoisotopic (exact) mass is 445 g/mol. The molecular weight excluding hydrogens is 414 g/mol. The fourth-order valence-electron chi connectivity index (χ4n) is 5.99. The zero-order valence-electron chi connectivity index (χ0n) is 18.2. The van der Waals surface area contributed by atoms with Gasteiger partial charge in [-0.15, -0.1) is 0 Å². The Morgan fingerprint density at radius 2 is 2.19 bits per heavy atom. The molecule has 2 saturated heterocycles. The van der Waals surface area contributed by atoms with Crippen LogP contribution in [0.25, 0.3) is 10.9 Å². The van der Waals surface area contributed by atoms with E-state index >= 15 is 0 Å². The van der Waals surface area contributed by atoms with Gasteiger partial charge in [-0.25, -0.2) is 0 Å². The topological polar surface area (TPSA) is 71.4 Å². The molecule has 0 bridgehead atoms. The first-order valence-electron chi connectivity index (χ1n) is 11.5. The number of aryl methyl sites for hydroxylation is 1. The molecule has 2 aliphatic heterocycles. The molecular formula is C23H32ClN5O2. The lowest BCUT2D eigenvalue weighted by Crippen LogP contribution is -2.60. The molecule has 3 fully saturated rings. The van der Waals surface area contributed by atoms with E-state index in [0.717, 1.165) is 81.7 Å². The molecule has 31 heavy (non-hydrogen) atoms. The maximum absolute atomic E-state index is 13.6. The van der Waals surface area contributed by atoms with E-state index in [1.807, 2.05) is 29.9 Å². The van der Waals surface area contributed by atoms with Gasteiger partial charge in [0.2, 0.25) is 5.91 Å². The van der Waals surface area contributed by atoms with E-state index in [9.17, 15) is 4.79 Å². The lowest BCUT2D eigenvalue weighted by Gasteiger charge is -2.50. The number of aromatic nitrogens is 2. The summed E-state index contributed by atoms with van der Waals surface area (Å²) < 4.78 is 7.37. The highest BCUT2D eigenvalue weighted by Gasteiger charge is 2.50. The van der Waals surface area contributed by atoms with Crippen LogP contribution in [-0.2, 0) is 23.1 Å². The summed E-state index contributed by atoms with van der Waals surface area (Å²) in [7, 11) is 1.91. The van der Waals surface area contributed by atoms with Crippen LogP contribution in [0.2, 0.25) is 5.02 Å². The smallest absolute Gasteiger partial charge is 0.228 e. The number of amides is 1. The Balaban J connectivity index is 1.31. The fraction of sp³-hybridized carbons (Fsp3) is 0.652. The van der Waals surface area contributed by atoms with Crippen LogP contribution >= 0.6 is 11.6 Å². The Bertz CT molecular complexity index is 957. The molecule has 3 heterocycles. The van der Waals surface area contributed by atoms with Crippen molar-refractivity contribution in [1.82, 2.24) is 25.3 Å². The number of halogens is 1. The number of morpholine rings is 1. The second-order valence-corrected chi connectivity index (χ2v) is 9.69. The Labute approximate surface area is 188 Å². The van der Waals surface area contributed by atoms with E-state index in [1.165, 1.54) is 0 Å². The molecule has 2 N–H and O–H groups in total. The number of benzene rings is 1. The summed E-state index contributed by atoms with van der Waals surface area (Å²) in [5.74, 6) is 0.579. The van der Waals surface area contributed by atoms with E-state index in [2.05, 4.69) is 20.6 Å². The molecule has 2 aromatic rings. The standard InChI is InChI=1S/C23H32ClN5O2/c1-28-20-4-2-3-18(24)21(20)19(27-28)14-26-22(30)23-7-5-17(29-9-11-31-12-10-29)13-16(23)6-8-25-15-23/h2-4,16-17,25H,5-15H2,1H3,(H,26,30)/t16-,17-,23-/m1/s1. The summed E-state index contributed by atoms with van der Waals surface area (Å²) in [5.41, 5.74) is 1.49. The number of fused-ring (bicyclic) bond motifs is 2. The summed E-state index contributed by atoms with van der Waals surface area (Å²) in [5, 5.41) is 13.0. The highest BCUT2D eigenvalue weighted by atomic mass is 35.5. The number of carbonyl (C=O) groups excluding carboxylic acids is 1. The number of nitrogens with zero attached hydrogens (tertiary/aromatic N) is 3. The summed E-state index contributed by atoms with van der Waals surface area (Å²) in [6.45, 7) is 5.86. The number of ether oxygens (including phenoxy) is 1. The van der Waals surface area contributed by atoms with Crippen molar-refractivity contribution in [2.45, 2.75) is 38.3 Å². The number of rotatable bonds is 4. The molecule has 1 amide bonds. The van der Waals surface area contributed by atoms with Gasteiger partial charge in [0.25, 0.3) is 0 Å². The summed E-state index contributed by atoms with van der Waals surface area (Å²) in [6.07, 6.45) is 4.17. The quantitative estimate of drug-likeness (QED) is 0.755. The van der Waals surface area contributed by atoms with Crippen LogP contribution in [0.5, 0.6) is 0 Å². The Morgan fingerprint density at radius 1 is 1.35 bits per heavy atom. The predicted molar refractivity (Wildman–Crippen MR) is 121 cm³/mol. The van der Waals surface area contributed by atoms with Crippen LogP contribution in [0.4, 0.5) is 0 Å². The normalized spacial score (nSPS) is 29.6. The summed E-state index contributed by atoms with van der Waals surface area (Å²) in [6, 6.07) is 6.39. The minimum atomic E-state index is -0.324. The van der Waals surface area contributed by atoms with Crippen molar-refractivity contribution in [2.24, 2.45) is 18.4 Å². The number of hydrogen-bond acceptors (Lipinski definition) is 5. The van der Waals surface area contributed by atoms with Gasteiger partial charge in [0.1, 0.15) is 0 Å². The molecule has 1 aliphatic carbocycles. The van der Waals surface area contributed by atoms with Gasteiger partial charge < -0.3 is 15.4 Å². The molecule has 8 heteroatoms. The van der Waals surface area contributed by atoms with Crippen molar-refractivity contribution in [2.75, 3.05) is 39.4 Å². The van der Waals surface area contributed by atoms with Gasteiger partial charge in [0, 0.05) is 38.1 Å². The zero-order valence-corrected chi connectivity index (χ0v) is 19.0. The number of hydrogen-bond donors (Lipinski definition) is 2. The molecule has 5 rings (SSSR count). The third-order valence-electron chi connectivity index (χ3n) is 7.70. The molecule has 1 aromatic heterocycles. The fourth-order valence-corrected chi connectivity index (χ4v) is 6.26. The zero-order chi connectivity index (χ0) is 21.4. The van der Waals surface area contributed by atoms with Gasteiger partial charge in [-0.1, -0.05) is 17.7 Å². The highest BCUT2D eigenvalue weighted by Crippen LogP contribution is 2.46. The van der Waals surface area contributed by atoms with Gasteiger partial charge in [-0.05, 0) is 50.3 Å². The van der Waals surface area contributed by atoms with Crippen LogP contribution in [0, 0.1) is 11.3 Å². The van der Waals surface area contributed by atoms with Crippen LogP contribution in [0.1, 0.15) is 31.4 Å². The van der Waals surface area contributed by atoms with Crippen LogP contribution in [0.15, 0.2) is 18.2 Å². The second-order valence-electron chi connectivity index (χ2n) is 9.28. The molecule has 3 aliphatic rings. The average Bonchev–Trinajstić information content (AvgIpc) is 3.14. The molecule has 3 atom stereocenters. The number of carbonyl (C=O) groups is 1. The van der Waals surface area contributed by atoms with E-state index < -0.39 is 0 Å². The van der Waals surface area contributed by atoms with Crippen molar-refractivity contribution in [3.8, 4) is 0 Å². The third-order valence-corrected chi connectivity index (χ3v) is 8.02. The summed E-state index contributed by atoms with van der Waals surface area (Å²) in [4.78, 5) is 16.2. The first kappa shape index (κ1) is 21.2. The first-order chi connectivity index (χ1) is 15.1. The largest absolute Gasteiger partial charge is 0.379 e. The Kier molecular flexibility index (Phi) is 5.94. The van der Waals surface area contributed by atoms with Gasteiger partial charge >= 0.3 is 0 Å². The third kappa shape index (κ3) is 3.86.